The number of aliphatic hydroxyl groups is 1. The molecule has 0 spiro atoms. The van der Waals surface area contributed by atoms with Crippen LogP contribution in [0.25, 0.3) is 11.0 Å². The van der Waals surface area contributed by atoms with Crippen molar-refractivity contribution in [3.63, 3.8) is 0 Å². The fraction of sp³-hybridized carbons (Fsp3) is 0.522. The summed E-state index contributed by atoms with van der Waals surface area (Å²) in [5.41, 5.74) is 3.60. The number of aliphatic hydroxyl groups excluding tert-OH is 1. The second-order valence-electron chi connectivity index (χ2n) is 7.67. The molecule has 174 valence electrons. The number of nitrogens with one attached hydrogen (secondary N) is 2. The average molecular weight is 443 g/mol. The molecule has 32 heavy (non-hydrogen) atoms. The second kappa shape index (κ2) is 12.2. The van der Waals surface area contributed by atoms with E-state index in [2.05, 4.69) is 20.7 Å². The number of benzene rings is 1. The van der Waals surface area contributed by atoms with Crippen LogP contribution in [0.1, 0.15) is 36.9 Å². The molecule has 0 amide bonds. The third-order valence-corrected chi connectivity index (χ3v) is 5.18. The predicted molar refractivity (Wildman–Crippen MR) is 126 cm³/mol. The largest absolute Gasteiger partial charge is 0.491 e. The van der Waals surface area contributed by atoms with Crippen molar-refractivity contribution in [3.05, 3.63) is 35.5 Å². The Labute approximate surface area is 189 Å². The van der Waals surface area contributed by atoms with Crippen molar-refractivity contribution >= 4 is 22.8 Å². The number of para-hydroxylation sites is 1. The lowest BCUT2D eigenvalue weighted by Crippen LogP contribution is -2.11. The van der Waals surface area contributed by atoms with Crippen LogP contribution in [0.5, 0.6) is 5.75 Å². The van der Waals surface area contributed by atoms with Gasteiger partial charge in [-0.1, -0.05) is 31.0 Å². The van der Waals surface area contributed by atoms with Gasteiger partial charge in [-0.3, -0.25) is 4.68 Å². The lowest BCUT2D eigenvalue weighted by molar-refractivity contribution is 0.146. The van der Waals surface area contributed by atoms with E-state index in [4.69, 9.17) is 19.6 Å². The van der Waals surface area contributed by atoms with Crippen molar-refractivity contribution in [2.24, 2.45) is 7.05 Å². The van der Waals surface area contributed by atoms with E-state index in [1.54, 1.807) is 7.11 Å². The highest BCUT2D eigenvalue weighted by Crippen LogP contribution is 2.26. The van der Waals surface area contributed by atoms with Crippen molar-refractivity contribution in [2.75, 3.05) is 44.1 Å². The zero-order chi connectivity index (χ0) is 22.8. The smallest absolute Gasteiger partial charge is 0.225 e. The first-order chi connectivity index (χ1) is 15.6. The Morgan fingerprint density at radius 3 is 2.66 bits per heavy atom. The molecule has 0 fully saturated rings. The molecule has 3 aromatic rings. The minimum atomic E-state index is 0.253. The Balaban J connectivity index is 1.74. The maximum absolute atomic E-state index is 8.90. The molecular formula is C23H34N6O3. The number of nitrogens with zero attached hydrogens (tertiary/aromatic N) is 4. The average Bonchev–Trinajstić information content (AvgIpc) is 3.09. The molecule has 1 aromatic carbocycles. The third kappa shape index (κ3) is 6.30. The molecule has 0 aliphatic rings. The molecule has 3 N–H and O–H groups in total. The van der Waals surface area contributed by atoms with Gasteiger partial charge in [0.2, 0.25) is 5.95 Å². The number of unbranched alkanes of at least 4 members (excludes halogenated alkanes) is 3. The number of ether oxygens (including phenoxy) is 2. The fourth-order valence-corrected chi connectivity index (χ4v) is 3.53. The number of rotatable bonds is 14. The molecule has 0 bridgehead atoms. The summed E-state index contributed by atoms with van der Waals surface area (Å²) in [7, 11) is 3.56. The first kappa shape index (κ1) is 23.7. The van der Waals surface area contributed by atoms with E-state index in [1.165, 1.54) is 0 Å². The molecule has 2 aromatic heterocycles. The number of hydrogen-bond donors (Lipinski definition) is 3. The van der Waals surface area contributed by atoms with Gasteiger partial charge in [0.15, 0.2) is 5.82 Å². The van der Waals surface area contributed by atoms with Crippen LogP contribution in [0.15, 0.2) is 24.3 Å². The molecule has 0 unspecified atom stereocenters. The van der Waals surface area contributed by atoms with Gasteiger partial charge in [-0.15, -0.1) is 0 Å². The SMILES string of the molecule is COCCOc1ccccc1CNc1nc(NCCCCCCO)nc2c(C)nn(C)c12. The highest BCUT2D eigenvalue weighted by molar-refractivity contribution is 5.88. The van der Waals surface area contributed by atoms with Crippen molar-refractivity contribution in [1.29, 1.82) is 0 Å². The van der Waals surface area contributed by atoms with Crippen LogP contribution < -0.4 is 15.4 Å². The van der Waals surface area contributed by atoms with E-state index in [-0.39, 0.29) is 6.61 Å². The van der Waals surface area contributed by atoms with Crippen LogP contribution in [0.2, 0.25) is 0 Å². The van der Waals surface area contributed by atoms with Crippen LogP contribution in [-0.2, 0) is 18.3 Å². The standard InChI is InChI=1S/C23H34N6O3/c1-17-20-21(29(2)28-17)22(27-23(26-20)24-12-8-4-5-9-13-30)25-16-18-10-6-7-11-19(18)32-15-14-31-3/h6-7,10-11,30H,4-5,8-9,12-16H2,1-3H3,(H2,24,25,26,27). The number of fused-ring (bicyclic) bond motifs is 1. The topological polar surface area (TPSA) is 106 Å². The summed E-state index contributed by atoms with van der Waals surface area (Å²) in [5.74, 6) is 2.14. The van der Waals surface area contributed by atoms with Crippen molar-refractivity contribution in [1.82, 2.24) is 19.7 Å². The van der Waals surface area contributed by atoms with E-state index in [0.717, 1.165) is 66.1 Å². The first-order valence-electron chi connectivity index (χ1n) is 11.1. The van der Waals surface area contributed by atoms with E-state index >= 15 is 0 Å². The van der Waals surface area contributed by atoms with Crippen molar-refractivity contribution < 1.29 is 14.6 Å². The molecule has 0 saturated carbocycles. The Bertz CT molecular complexity index is 991. The summed E-state index contributed by atoms with van der Waals surface area (Å²) in [4.78, 5) is 9.42. The molecule has 9 nitrogen and oxygen atoms in total. The molecule has 0 aliphatic carbocycles. The predicted octanol–water partition coefficient (Wildman–Crippen LogP) is 3.27. The lowest BCUT2D eigenvalue weighted by atomic mass is 10.2. The second-order valence-corrected chi connectivity index (χ2v) is 7.67. The maximum Gasteiger partial charge on any atom is 0.225 e. The summed E-state index contributed by atoms with van der Waals surface area (Å²) in [5, 5.41) is 20.2. The quantitative estimate of drug-likeness (QED) is 0.327. The molecule has 0 radical (unpaired) electrons. The summed E-state index contributed by atoms with van der Waals surface area (Å²) < 4.78 is 12.8. The van der Waals surface area contributed by atoms with Gasteiger partial charge in [0.05, 0.1) is 12.3 Å². The van der Waals surface area contributed by atoms with Gasteiger partial charge in [0.1, 0.15) is 23.4 Å². The normalized spacial score (nSPS) is 11.1. The molecule has 9 heteroatoms. The Morgan fingerprint density at radius 1 is 1.03 bits per heavy atom. The first-order valence-corrected chi connectivity index (χ1v) is 11.1. The molecule has 3 rings (SSSR count). The zero-order valence-electron chi connectivity index (χ0n) is 19.2. The minimum absolute atomic E-state index is 0.253. The van der Waals surface area contributed by atoms with E-state index in [1.807, 2.05) is 42.9 Å². The Morgan fingerprint density at radius 2 is 1.84 bits per heavy atom. The Hall–Kier alpha value is -2.91. The molecule has 2 heterocycles. The van der Waals surface area contributed by atoms with E-state index in [0.29, 0.717) is 25.7 Å². The summed E-state index contributed by atoms with van der Waals surface area (Å²) in [6.07, 6.45) is 3.94. The number of aryl methyl sites for hydroxylation is 2. The summed E-state index contributed by atoms with van der Waals surface area (Å²) in [6.45, 7) is 4.59. The monoisotopic (exact) mass is 442 g/mol. The zero-order valence-corrected chi connectivity index (χ0v) is 19.2. The summed E-state index contributed by atoms with van der Waals surface area (Å²) in [6, 6.07) is 7.95. The van der Waals surface area contributed by atoms with Crippen LogP contribution in [0.4, 0.5) is 11.8 Å². The summed E-state index contributed by atoms with van der Waals surface area (Å²) >= 11 is 0. The number of aromatic nitrogens is 4. The number of anilines is 2. The Kier molecular flexibility index (Phi) is 9.06. The van der Waals surface area contributed by atoms with Gasteiger partial charge >= 0.3 is 0 Å². The van der Waals surface area contributed by atoms with Crippen LogP contribution >= 0.6 is 0 Å². The maximum atomic E-state index is 8.90. The van der Waals surface area contributed by atoms with Crippen LogP contribution in [0, 0.1) is 6.92 Å². The van der Waals surface area contributed by atoms with Gasteiger partial charge in [-0.2, -0.15) is 10.1 Å². The van der Waals surface area contributed by atoms with E-state index in [9.17, 15) is 0 Å². The van der Waals surface area contributed by atoms with Crippen LogP contribution in [0.3, 0.4) is 0 Å². The fourth-order valence-electron chi connectivity index (χ4n) is 3.53. The van der Waals surface area contributed by atoms with Gasteiger partial charge in [-0.05, 0) is 25.8 Å². The number of methoxy groups -OCH3 is 1. The van der Waals surface area contributed by atoms with Gasteiger partial charge in [0, 0.05) is 39.4 Å². The molecule has 0 atom stereocenters. The number of hydrogen-bond acceptors (Lipinski definition) is 8. The van der Waals surface area contributed by atoms with Gasteiger partial charge < -0.3 is 25.2 Å². The minimum Gasteiger partial charge on any atom is -0.491 e. The van der Waals surface area contributed by atoms with Crippen molar-refractivity contribution in [3.8, 4) is 5.75 Å². The highest BCUT2D eigenvalue weighted by Gasteiger charge is 2.15. The highest BCUT2D eigenvalue weighted by atomic mass is 16.5. The van der Waals surface area contributed by atoms with E-state index < -0.39 is 0 Å². The van der Waals surface area contributed by atoms with Gasteiger partial charge in [0.25, 0.3) is 0 Å². The van der Waals surface area contributed by atoms with Crippen molar-refractivity contribution in [2.45, 2.75) is 39.2 Å². The van der Waals surface area contributed by atoms with Crippen LogP contribution in [-0.4, -0.2) is 58.3 Å². The lowest BCUT2D eigenvalue weighted by Gasteiger charge is -2.14. The molecular weight excluding hydrogens is 408 g/mol. The molecule has 0 aliphatic heterocycles. The molecule has 0 saturated heterocycles. The third-order valence-electron chi connectivity index (χ3n) is 5.18. The van der Waals surface area contributed by atoms with Gasteiger partial charge in [-0.25, -0.2) is 4.98 Å².